The van der Waals surface area contributed by atoms with Gasteiger partial charge in [0.05, 0.1) is 5.52 Å². The van der Waals surface area contributed by atoms with Crippen LogP contribution in [0.1, 0.15) is 30.1 Å². The summed E-state index contributed by atoms with van der Waals surface area (Å²) in [7, 11) is 0. The van der Waals surface area contributed by atoms with Crippen LogP contribution in [-0.2, 0) is 0 Å². The number of rotatable bonds is 1. The summed E-state index contributed by atoms with van der Waals surface area (Å²) in [4.78, 5) is 11.2. The number of alkyl halides is 3. The molecule has 0 aliphatic heterocycles. The third-order valence-corrected chi connectivity index (χ3v) is 2.84. The second-order valence-electron chi connectivity index (χ2n) is 4.46. The van der Waals surface area contributed by atoms with E-state index >= 15 is 0 Å². The number of carbonyl (C=O) groups excluding carboxylic acids is 1. The molecule has 0 amide bonds. The molecule has 0 spiro atoms. The van der Waals surface area contributed by atoms with Crippen molar-refractivity contribution in [1.82, 2.24) is 4.57 Å². The van der Waals surface area contributed by atoms with Gasteiger partial charge in [0.1, 0.15) is 0 Å². The molecule has 0 aliphatic rings. The zero-order chi connectivity index (χ0) is 13.5. The predicted octanol–water partition coefficient (Wildman–Crippen LogP) is 3.97. The molecule has 1 aromatic carbocycles. The topological polar surface area (TPSA) is 22.0 Å². The Hall–Kier alpha value is -1.78. The highest BCUT2D eigenvalue weighted by atomic mass is 19.4. The van der Waals surface area contributed by atoms with Crippen molar-refractivity contribution in [3.8, 4) is 0 Å². The molecule has 0 aliphatic carbocycles. The third kappa shape index (κ3) is 2.12. The molecular weight excluding hydrogens is 243 g/mol. The first-order valence-corrected chi connectivity index (χ1v) is 5.53. The standard InChI is InChI=1S/C13H12F3NO/c1-8(2)9-3-4-11-10(7-9)5-6-17(11)12(18)13(14,15)16/h3-8H,1-2H3. The van der Waals surface area contributed by atoms with Crippen LogP contribution in [0.25, 0.3) is 10.9 Å². The second-order valence-corrected chi connectivity index (χ2v) is 4.46. The normalized spacial score (nSPS) is 12.3. The van der Waals surface area contributed by atoms with Gasteiger partial charge in [-0.3, -0.25) is 9.36 Å². The van der Waals surface area contributed by atoms with Gasteiger partial charge < -0.3 is 0 Å². The molecule has 0 unspecified atom stereocenters. The van der Waals surface area contributed by atoms with Gasteiger partial charge in [0.2, 0.25) is 0 Å². The highest BCUT2D eigenvalue weighted by Gasteiger charge is 2.40. The summed E-state index contributed by atoms with van der Waals surface area (Å²) < 4.78 is 37.8. The van der Waals surface area contributed by atoms with Crippen LogP contribution in [-0.4, -0.2) is 16.7 Å². The van der Waals surface area contributed by atoms with E-state index in [1.54, 1.807) is 18.2 Å². The van der Waals surface area contributed by atoms with Crippen LogP contribution in [0.2, 0.25) is 0 Å². The third-order valence-electron chi connectivity index (χ3n) is 2.84. The molecule has 1 heterocycles. The van der Waals surface area contributed by atoms with Crippen molar-refractivity contribution in [2.24, 2.45) is 0 Å². The Morgan fingerprint density at radius 1 is 1.22 bits per heavy atom. The van der Waals surface area contributed by atoms with Crippen molar-refractivity contribution in [1.29, 1.82) is 0 Å². The number of hydrogen-bond acceptors (Lipinski definition) is 1. The maximum absolute atomic E-state index is 12.4. The Morgan fingerprint density at radius 3 is 2.44 bits per heavy atom. The number of fused-ring (bicyclic) bond motifs is 1. The molecule has 1 aromatic heterocycles. The maximum atomic E-state index is 12.4. The summed E-state index contributed by atoms with van der Waals surface area (Å²) in [6, 6.07) is 6.62. The second kappa shape index (κ2) is 4.15. The van der Waals surface area contributed by atoms with Crippen LogP contribution in [0.3, 0.4) is 0 Å². The van der Waals surface area contributed by atoms with Crippen LogP contribution in [0.15, 0.2) is 30.5 Å². The van der Waals surface area contributed by atoms with E-state index in [1.165, 1.54) is 6.07 Å². The molecule has 0 radical (unpaired) electrons. The van der Waals surface area contributed by atoms with Gasteiger partial charge in [-0.2, -0.15) is 13.2 Å². The number of carbonyl (C=O) groups is 1. The first kappa shape index (κ1) is 12.7. The van der Waals surface area contributed by atoms with E-state index in [-0.39, 0.29) is 11.4 Å². The zero-order valence-corrected chi connectivity index (χ0v) is 9.95. The lowest BCUT2D eigenvalue weighted by molar-refractivity contribution is -0.0942. The van der Waals surface area contributed by atoms with E-state index in [0.717, 1.165) is 11.8 Å². The SMILES string of the molecule is CC(C)c1ccc2c(ccn2C(=O)C(F)(F)F)c1. The number of nitrogens with zero attached hydrogens (tertiary/aromatic N) is 1. The minimum atomic E-state index is -4.86. The Morgan fingerprint density at radius 2 is 1.89 bits per heavy atom. The fourth-order valence-electron chi connectivity index (χ4n) is 1.83. The summed E-state index contributed by atoms with van der Waals surface area (Å²) in [5, 5.41) is 0.638. The lowest BCUT2D eigenvalue weighted by Crippen LogP contribution is -2.28. The molecule has 0 N–H and O–H groups in total. The average molecular weight is 255 g/mol. The molecule has 0 saturated carbocycles. The molecule has 0 saturated heterocycles. The lowest BCUT2D eigenvalue weighted by atomic mass is 10.0. The molecule has 0 atom stereocenters. The summed E-state index contributed by atoms with van der Waals surface area (Å²) in [6.07, 6.45) is -3.70. The van der Waals surface area contributed by atoms with Crippen LogP contribution in [0, 0.1) is 0 Å². The van der Waals surface area contributed by atoms with Gasteiger partial charge in [0.25, 0.3) is 0 Å². The van der Waals surface area contributed by atoms with Crippen LogP contribution < -0.4 is 0 Å². The van der Waals surface area contributed by atoms with Crippen molar-refractivity contribution in [2.75, 3.05) is 0 Å². The maximum Gasteiger partial charge on any atom is 0.472 e. The Balaban J connectivity index is 2.53. The monoisotopic (exact) mass is 255 g/mol. The summed E-state index contributed by atoms with van der Waals surface area (Å²) in [6.45, 7) is 4.00. The lowest BCUT2D eigenvalue weighted by Gasteiger charge is -2.08. The highest BCUT2D eigenvalue weighted by Crippen LogP contribution is 2.25. The van der Waals surface area contributed by atoms with Crippen LogP contribution >= 0.6 is 0 Å². The van der Waals surface area contributed by atoms with E-state index in [4.69, 9.17) is 0 Å². The Kier molecular flexibility index (Phi) is 2.92. The largest absolute Gasteiger partial charge is 0.472 e. The van der Waals surface area contributed by atoms with Crippen molar-refractivity contribution in [2.45, 2.75) is 25.9 Å². The first-order valence-electron chi connectivity index (χ1n) is 5.53. The first-order chi connectivity index (χ1) is 8.30. The molecule has 5 heteroatoms. The molecule has 2 nitrogen and oxygen atoms in total. The highest BCUT2D eigenvalue weighted by molar-refractivity contribution is 5.95. The van der Waals surface area contributed by atoms with Gasteiger partial charge in [-0.15, -0.1) is 0 Å². The molecule has 96 valence electrons. The van der Waals surface area contributed by atoms with Crippen LogP contribution in [0.4, 0.5) is 13.2 Å². The van der Waals surface area contributed by atoms with Crippen molar-refractivity contribution >= 4 is 16.8 Å². The summed E-state index contributed by atoms with van der Waals surface area (Å²) >= 11 is 0. The zero-order valence-electron chi connectivity index (χ0n) is 9.95. The Labute approximate surface area is 102 Å². The number of aromatic nitrogens is 1. The fraction of sp³-hybridized carbons (Fsp3) is 0.308. The van der Waals surface area contributed by atoms with E-state index in [0.29, 0.717) is 9.95 Å². The average Bonchev–Trinajstić information content (AvgIpc) is 2.68. The molecule has 2 rings (SSSR count). The van der Waals surface area contributed by atoms with Crippen molar-refractivity contribution in [3.05, 3.63) is 36.0 Å². The van der Waals surface area contributed by atoms with Gasteiger partial charge in [-0.1, -0.05) is 19.9 Å². The van der Waals surface area contributed by atoms with Crippen molar-refractivity contribution in [3.63, 3.8) is 0 Å². The summed E-state index contributed by atoms with van der Waals surface area (Å²) in [5.41, 5.74) is 1.31. The van der Waals surface area contributed by atoms with Gasteiger partial charge in [0.15, 0.2) is 0 Å². The Bertz CT molecular complexity index is 596. The molecule has 2 aromatic rings. The van der Waals surface area contributed by atoms with Crippen molar-refractivity contribution < 1.29 is 18.0 Å². The molecular formula is C13H12F3NO. The van der Waals surface area contributed by atoms with E-state index < -0.39 is 12.1 Å². The molecule has 0 bridgehead atoms. The molecule has 18 heavy (non-hydrogen) atoms. The minimum Gasteiger partial charge on any atom is -0.279 e. The van der Waals surface area contributed by atoms with Gasteiger partial charge in [-0.05, 0) is 29.7 Å². The number of halogens is 3. The predicted molar refractivity (Wildman–Crippen MR) is 62.7 cm³/mol. The smallest absolute Gasteiger partial charge is 0.279 e. The van der Waals surface area contributed by atoms with E-state index in [9.17, 15) is 18.0 Å². The summed E-state index contributed by atoms with van der Waals surface area (Å²) in [5.74, 6) is -1.58. The van der Waals surface area contributed by atoms with E-state index in [2.05, 4.69) is 0 Å². The van der Waals surface area contributed by atoms with Gasteiger partial charge in [-0.25, -0.2) is 0 Å². The van der Waals surface area contributed by atoms with Crippen LogP contribution in [0.5, 0.6) is 0 Å². The van der Waals surface area contributed by atoms with Gasteiger partial charge >= 0.3 is 12.1 Å². The number of benzene rings is 1. The quantitative estimate of drug-likeness (QED) is 0.755. The van der Waals surface area contributed by atoms with E-state index in [1.807, 2.05) is 13.8 Å². The molecule has 0 fully saturated rings. The minimum absolute atomic E-state index is 0.279. The van der Waals surface area contributed by atoms with Gasteiger partial charge in [0, 0.05) is 11.6 Å². The number of hydrogen-bond donors (Lipinski definition) is 0. The fourth-order valence-corrected chi connectivity index (χ4v) is 1.83.